The van der Waals surface area contributed by atoms with Gasteiger partial charge >= 0.3 is 0 Å². The Kier molecular flexibility index (Phi) is 3.40. The van der Waals surface area contributed by atoms with E-state index < -0.39 is 0 Å². The Morgan fingerprint density at radius 1 is 1.11 bits per heavy atom. The fourth-order valence-corrected chi connectivity index (χ4v) is 3.57. The predicted octanol–water partition coefficient (Wildman–Crippen LogP) is 3.03. The maximum absolute atomic E-state index is 5.46. The van der Waals surface area contributed by atoms with Gasteiger partial charge in [0.15, 0.2) is 11.5 Å². The fourth-order valence-electron chi connectivity index (χ4n) is 3.57. The quantitative estimate of drug-likeness (QED) is 0.817. The summed E-state index contributed by atoms with van der Waals surface area (Å²) in [7, 11) is 3.43. The zero-order valence-electron chi connectivity index (χ0n) is 12.1. The lowest BCUT2D eigenvalue weighted by Crippen LogP contribution is -2.41. The van der Waals surface area contributed by atoms with Gasteiger partial charge in [-0.15, -0.1) is 0 Å². The lowest BCUT2D eigenvalue weighted by molar-refractivity contribution is 0.105. The number of hydrogen-bond acceptors (Lipinski definition) is 3. The molecule has 0 spiro atoms. The van der Waals surface area contributed by atoms with Crippen molar-refractivity contribution in [2.24, 2.45) is 5.92 Å². The van der Waals surface area contributed by atoms with Gasteiger partial charge in [0, 0.05) is 19.1 Å². The minimum Gasteiger partial charge on any atom is -0.493 e. The number of nitrogens with zero attached hydrogens (tertiary/aromatic N) is 1. The molecule has 3 rings (SSSR count). The van der Waals surface area contributed by atoms with Crippen LogP contribution in [0, 0.1) is 5.92 Å². The van der Waals surface area contributed by atoms with Crippen molar-refractivity contribution in [1.29, 1.82) is 0 Å². The maximum Gasteiger partial charge on any atom is 0.161 e. The summed E-state index contributed by atoms with van der Waals surface area (Å²) in [5.74, 6) is 2.55. The van der Waals surface area contributed by atoms with Gasteiger partial charge in [0.2, 0.25) is 0 Å². The molecule has 2 atom stereocenters. The zero-order chi connectivity index (χ0) is 13.4. The summed E-state index contributed by atoms with van der Waals surface area (Å²) in [6.45, 7) is 4.77. The van der Waals surface area contributed by atoms with Crippen molar-refractivity contribution in [2.75, 3.05) is 27.3 Å². The highest BCUT2D eigenvalue weighted by Gasteiger charge is 2.32. The molecule has 0 amide bonds. The Morgan fingerprint density at radius 3 is 2.58 bits per heavy atom. The van der Waals surface area contributed by atoms with Crippen molar-refractivity contribution in [3.8, 4) is 11.5 Å². The van der Waals surface area contributed by atoms with Crippen molar-refractivity contribution in [3.63, 3.8) is 0 Å². The average Bonchev–Trinajstić information content (AvgIpc) is 2.45. The third-order valence-corrected chi connectivity index (χ3v) is 4.59. The topological polar surface area (TPSA) is 21.7 Å². The van der Waals surface area contributed by atoms with Crippen LogP contribution in [0.4, 0.5) is 0 Å². The molecule has 1 aromatic carbocycles. The molecule has 3 heteroatoms. The van der Waals surface area contributed by atoms with Crippen LogP contribution in [0.1, 0.15) is 36.9 Å². The smallest absolute Gasteiger partial charge is 0.161 e. The van der Waals surface area contributed by atoms with Crippen molar-refractivity contribution < 1.29 is 9.47 Å². The second kappa shape index (κ2) is 5.04. The third-order valence-electron chi connectivity index (χ3n) is 4.59. The molecule has 1 saturated heterocycles. The number of piperidine rings is 1. The van der Waals surface area contributed by atoms with E-state index in [2.05, 4.69) is 24.0 Å². The zero-order valence-corrected chi connectivity index (χ0v) is 12.1. The molecular weight excluding hydrogens is 238 g/mol. The highest BCUT2D eigenvalue weighted by molar-refractivity contribution is 5.49. The summed E-state index contributed by atoms with van der Waals surface area (Å²) in [5.41, 5.74) is 2.89. The third kappa shape index (κ3) is 2.20. The summed E-state index contributed by atoms with van der Waals surface area (Å²) < 4.78 is 10.9. The normalized spacial score (nSPS) is 26.5. The summed E-state index contributed by atoms with van der Waals surface area (Å²) in [6, 6.07) is 4.95. The van der Waals surface area contributed by atoms with E-state index in [9.17, 15) is 0 Å². The van der Waals surface area contributed by atoms with Crippen LogP contribution in [-0.2, 0) is 6.42 Å². The number of rotatable bonds is 2. The predicted molar refractivity (Wildman–Crippen MR) is 76.0 cm³/mol. The second-order valence-electron chi connectivity index (χ2n) is 5.85. The molecule has 1 fully saturated rings. The lowest BCUT2D eigenvalue weighted by atomic mass is 9.84. The van der Waals surface area contributed by atoms with Crippen LogP contribution in [0.2, 0.25) is 0 Å². The van der Waals surface area contributed by atoms with Gasteiger partial charge in [-0.3, -0.25) is 4.90 Å². The first-order chi connectivity index (χ1) is 9.22. The van der Waals surface area contributed by atoms with E-state index in [1.54, 1.807) is 14.2 Å². The molecule has 0 radical (unpaired) electrons. The Balaban J connectivity index is 1.98. The summed E-state index contributed by atoms with van der Waals surface area (Å²) in [5, 5.41) is 0. The molecule has 2 aliphatic heterocycles. The van der Waals surface area contributed by atoms with Gasteiger partial charge in [-0.2, -0.15) is 0 Å². The molecule has 0 saturated carbocycles. The standard InChI is InChI=1S/C16H23NO2/c1-11-4-5-14-13-9-16(19-3)15(18-2)8-12(13)6-7-17(14)10-11/h8-9,11,14H,4-7,10H2,1-3H3. The van der Waals surface area contributed by atoms with E-state index >= 15 is 0 Å². The van der Waals surface area contributed by atoms with Crippen molar-refractivity contribution in [1.82, 2.24) is 4.90 Å². The van der Waals surface area contributed by atoms with Crippen LogP contribution in [0.15, 0.2) is 12.1 Å². The first-order valence-electron chi connectivity index (χ1n) is 7.21. The molecular formula is C16H23NO2. The first kappa shape index (κ1) is 12.8. The van der Waals surface area contributed by atoms with Gasteiger partial charge in [-0.1, -0.05) is 6.92 Å². The van der Waals surface area contributed by atoms with Gasteiger partial charge in [-0.25, -0.2) is 0 Å². The van der Waals surface area contributed by atoms with E-state index in [0.29, 0.717) is 6.04 Å². The van der Waals surface area contributed by atoms with E-state index in [4.69, 9.17) is 9.47 Å². The average molecular weight is 261 g/mol. The molecule has 3 nitrogen and oxygen atoms in total. The Hall–Kier alpha value is -1.22. The maximum atomic E-state index is 5.46. The molecule has 0 aliphatic carbocycles. The number of fused-ring (bicyclic) bond motifs is 3. The van der Waals surface area contributed by atoms with Crippen LogP contribution in [0.25, 0.3) is 0 Å². The van der Waals surface area contributed by atoms with Gasteiger partial charge in [0.1, 0.15) is 0 Å². The van der Waals surface area contributed by atoms with Crippen LogP contribution < -0.4 is 9.47 Å². The molecule has 0 bridgehead atoms. The molecule has 2 aliphatic rings. The van der Waals surface area contributed by atoms with E-state index in [0.717, 1.165) is 23.8 Å². The molecule has 0 N–H and O–H groups in total. The number of benzene rings is 1. The summed E-state index contributed by atoms with van der Waals surface area (Å²) >= 11 is 0. The highest BCUT2D eigenvalue weighted by atomic mass is 16.5. The van der Waals surface area contributed by atoms with E-state index in [-0.39, 0.29) is 0 Å². The highest BCUT2D eigenvalue weighted by Crippen LogP contribution is 2.42. The monoisotopic (exact) mass is 261 g/mol. The SMILES string of the molecule is COc1cc2c(cc1OC)C1CCC(C)CN1CC2. The van der Waals surface area contributed by atoms with Gasteiger partial charge < -0.3 is 9.47 Å². The minimum atomic E-state index is 0.583. The first-order valence-corrected chi connectivity index (χ1v) is 7.21. The van der Waals surface area contributed by atoms with Gasteiger partial charge in [-0.05, 0) is 48.4 Å². The number of methoxy groups -OCH3 is 2. The number of hydrogen-bond donors (Lipinski definition) is 0. The van der Waals surface area contributed by atoms with Crippen molar-refractivity contribution in [3.05, 3.63) is 23.3 Å². The van der Waals surface area contributed by atoms with Gasteiger partial charge in [0.25, 0.3) is 0 Å². The molecule has 104 valence electrons. The summed E-state index contributed by atoms with van der Waals surface area (Å²) in [4.78, 5) is 2.64. The Bertz CT molecular complexity index is 472. The fraction of sp³-hybridized carbons (Fsp3) is 0.625. The lowest BCUT2D eigenvalue weighted by Gasteiger charge is -2.43. The largest absolute Gasteiger partial charge is 0.493 e. The number of ether oxygens (including phenoxy) is 2. The van der Waals surface area contributed by atoms with E-state index in [1.165, 1.54) is 37.1 Å². The van der Waals surface area contributed by atoms with E-state index in [1.807, 2.05) is 0 Å². The van der Waals surface area contributed by atoms with Crippen LogP contribution >= 0.6 is 0 Å². The van der Waals surface area contributed by atoms with Crippen LogP contribution in [0.5, 0.6) is 11.5 Å². The molecule has 19 heavy (non-hydrogen) atoms. The minimum absolute atomic E-state index is 0.583. The van der Waals surface area contributed by atoms with Crippen molar-refractivity contribution in [2.45, 2.75) is 32.2 Å². The Labute approximate surface area is 115 Å². The molecule has 2 heterocycles. The summed E-state index contributed by atoms with van der Waals surface area (Å²) in [6.07, 6.45) is 3.72. The second-order valence-corrected chi connectivity index (χ2v) is 5.85. The van der Waals surface area contributed by atoms with Crippen molar-refractivity contribution >= 4 is 0 Å². The van der Waals surface area contributed by atoms with Crippen LogP contribution in [-0.4, -0.2) is 32.2 Å². The molecule has 0 aromatic heterocycles. The van der Waals surface area contributed by atoms with Gasteiger partial charge in [0.05, 0.1) is 14.2 Å². The molecule has 2 unspecified atom stereocenters. The van der Waals surface area contributed by atoms with Crippen LogP contribution in [0.3, 0.4) is 0 Å². The molecule has 1 aromatic rings. The Morgan fingerprint density at radius 2 is 1.84 bits per heavy atom.